The van der Waals surface area contributed by atoms with Gasteiger partial charge < -0.3 is 10.2 Å². The molecule has 0 aromatic heterocycles. The molecule has 2 N–H and O–H groups in total. The van der Waals surface area contributed by atoms with Crippen LogP contribution in [0.15, 0.2) is 24.4 Å². The molecule has 2 atom stereocenters. The topological polar surface area (TPSA) is 78.5 Å². The molecule has 6 nitrogen and oxygen atoms in total. The van der Waals surface area contributed by atoms with Crippen LogP contribution in [0.3, 0.4) is 0 Å². The van der Waals surface area contributed by atoms with E-state index in [0.717, 1.165) is 29.7 Å². The van der Waals surface area contributed by atoms with Crippen molar-refractivity contribution < 1.29 is 13.2 Å². The van der Waals surface area contributed by atoms with Gasteiger partial charge in [0.15, 0.2) is 0 Å². The minimum atomic E-state index is -3.32. The number of carbonyl (C=O) groups excluding carboxylic acids is 1. The molecule has 0 radical (unpaired) electrons. The van der Waals surface area contributed by atoms with E-state index in [1.807, 2.05) is 25.3 Å². The Kier molecular flexibility index (Phi) is 4.40. The van der Waals surface area contributed by atoms with Crippen molar-refractivity contribution in [1.82, 2.24) is 10.2 Å². The van der Waals surface area contributed by atoms with Crippen LogP contribution in [0.4, 0.5) is 5.69 Å². The number of amides is 1. The molecule has 24 heavy (non-hydrogen) atoms. The quantitative estimate of drug-likeness (QED) is 0.864. The summed E-state index contributed by atoms with van der Waals surface area (Å²) in [6, 6.07) is 5.37. The third-order valence-corrected chi connectivity index (χ3v) is 6.08. The van der Waals surface area contributed by atoms with Gasteiger partial charge in [0.05, 0.1) is 11.8 Å². The summed E-state index contributed by atoms with van der Waals surface area (Å²) in [7, 11) is -1.55. The number of nitrogens with zero attached hydrogens (tertiary/aromatic N) is 1. The first-order valence-electron chi connectivity index (χ1n) is 8.15. The fourth-order valence-electron chi connectivity index (χ4n) is 3.40. The SMILES string of the molecule is CCS(=O)(=O)Nc1ccc(C)c(C2=CN(C)C(=O)C3NCCC23)c1. The van der Waals surface area contributed by atoms with Crippen molar-refractivity contribution >= 4 is 27.2 Å². The van der Waals surface area contributed by atoms with E-state index in [2.05, 4.69) is 10.0 Å². The Balaban J connectivity index is 2.02. The Hall–Kier alpha value is -1.86. The molecule has 7 heteroatoms. The van der Waals surface area contributed by atoms with Crippen molar-refractivity contribution in [2.24, 2.45) is 5.92 Å². The summed E-state index contributed by atoms with van der Waals surface area (Å²) in [5.41, 5.74) is 3.70. The first kappa shape index (κ1) is 17.0. The van der Waals surface area contributed by atoms with Crippen LogP contribution < -0.4 is 10.0 Å². The summed E-state index contributed by atoms with van der Waals surface area (Å²) >= 11 is 0. The van der Waals surface area contributed by atoms with Crippen LogP contribution in [-0.2, 0) is 14.8 Å². The minimum absolute atomic E-state index is 0.0325. The van der Waals surface area contributed by atoms with Crippen molar-refractivity contribution in [3.05, 3.63) is 35.5 Å². The predicted molar refractivity (Wildman–Crippen MR) is 94.9 cm³/mol. The molecule has 1 amide bonds. The highest BCUT2D eigenvalue weighted by Crippen LogP contribution is 2.38. The number of rotatable bonds is 4. The fourth-order valence-corrected chi connectivity index (χ4v) is 4.03. The van der Waals surface area contributed by atoms with E-state index in [0.29, 0.717) is 5.69 Å². The molecule has 130 valence electrons. The molecule has 1 fully saturated rings. The number of hydrogen-bond acceptors (Lipinski definition) is 4. The lowest BCUT2D eigenvalue weighted by molar-refractivity contribution is -0.130. The van der Waals surface area contributed by atoms with Gasteiger partial charge >= 0.3 is 0 Å². The van der Waals surface area contributed by atoms with Gasteiger partial charge in [-0.15, -0.1) is 0 Å². The molecule has 1 aromatic rings. The second-order valence-corrected chi connectivity index (χ2v) is 8.41. The van der Waals surface area contributed by atoms with Gasteiger partial charge in [-0.3, -0.25) is 9.52 Å². The number of nitrogens with one attached hydrogen (secondary N) is 2. The van der Waals surface area contributed by atoms with E-state index < -0.39 is 10.0 Å². The highest BCUT2D eigenvalue weighted by Gasteiger charge is 2.40. The molecule has 2 aliphatic rings. The van der Waals surface area contributed by atoms with E-state index in [-0.39, 0.29) is 23.6 Å². The van der Waals surface area contributed by atoms with Crippen molar-refractivity contribution in [2.45, 2.75) is 26.3 Å². The molecular formula is C17H23N3O3S. The summed E-state index contributed by atoms with van der Waals surface area (Å²) in [4.78, 5) is 13.9. The molecular weight excluding hydrogens is 326 g/mol. The van der Waals surface area contributed by atoms with Crippen LogP contribution >= 0.6 is 0 Å². The van der Waals surface area contributed by atoms with E-state index in [1.165, 1.54) is 0 Å². The number of benzene rings is 1. The lowest BCUT2D eigenvalue weighted by Gasteiger charge is -2.32. The van der Waals surface area contributed by atoms with Crippen LogP contribution in [0, 0.1) is 12.8 Å². The first-order chi connectivity index (χ1) is 11.3. The molecule has 3 rings (SSSR count). The zero-order valence-corrected chi connectivity index (χ0v) is 15.0. The van der Waals surface area contributed by atoms with E-state index in [9.17, 15) is 13.2 Å². The number of likely N-dealkylation sites (N-methyl/N-ethyl adjacent to an activating group) is 1. The van der Waals surface area contributed by atoms with Gasteiger partial charge in [0, 0.05) is 24.9 Å². The van der Waals surface area contributed by atoms with Crippen molar-refractivity contribution in [3.8, 4) is 0 Å². The van der Waals surface area contributed by atoms with Gasteiger partial charge in [-0.2, -0.15) is 0 Å². The molecule has 0 saturated carbocycles. The van der Waals surface area contributed by atoms with Crippen molar-refractivity contribution in [1.29, 1.82) is 0 Å². The van der Waals surface area contributed by atoms with Crippen LogP contribution in [0.25, 0.3) is 5.57 Å². The second kappa shape index (κ2) is 6.22. The summed E-state index contributed by atoms with van der Waals surface area (Å²) in [5.74, 6) is 0.247. The molecule has 2 heterocycles. The minimum Gasteiger partial charge on any atom is -0.320 e. The number of fused-ring (bicyclic) bond motifs is 1. The van der Waals surface area contributed by atoms with Gasteiger partial charge in [0.1, 0.15) is 0 Å². The maximum atomic E-state index is 12.3. The Morgan fingerprint density at radius 3 is 2.83 bits per heavy atom. The highest BCUT2D eigenvalue weighted by atomic mass is 32.2. The van der Waals surface area contributed by atoms with Crippen molar-refractivity contribution in [2.75, 3.05) is 24.1 Å². The van der Waals surface area contributed by atoms with Gasteiger partial charge in [0.25, 0.3) is 0 Å². The lowest BCUT2D eigenvalue weighted by atomic mass is 9.83. The van der Waals surface area contributed by atoms with Crippen LogP contribution in [-0.4, -0.2) is 44.6 Å². The maximum absolute atomic E-state index is 12.3. The lowest BCUT2D eigenvalue weighted by Crippen LogP contribution is -2.46. The fraction of sp³-hybridized carbons (Fsp3) is 0.471. The number of anilines is 1. The van der Waals surface area contributed by atoms with Crippen LogP contribution in [0.1, 0.15) is 24.5 Å². The normalized spacial score (nSPS) is 23.9. The largest absolute Gasteiger partial charge is 0.320 e. The molecule has 0 bridgehead atoms. The third kappa shape index (κ3) is 3.06. The smallest absolute Gasteiger partial charge is 0.244 e. The molecule has 1 saturated heterocycles. The molecule has 2 unspecified atom stereocenters. The van der Waals surface area contributed by atoms with Crippen LogP contribution in [0.2, 0.25) is 0 Å². The van der Waals surface area contributed by atoms with E-state index in [1.54, 1.807) is 24.9 Å². The highest BCUT2D eigenvalue weighted by molar-refractivity contribution is 7.92. The monoisotopic (exact) mass is 349 g/mol. The third-order valence-electron chi connectivity index (χ3n) is 4.77. The van der Waals surface area contributed by atoms with Crippen LogP contribution in [0.5, 0.6) is 0 Å². The molecule has 1 aromatic carbocycles. The summed E-state index contributed by atoms with van der Waals surface area (Å²) in [5, 5.41) is 3.28. The summed E-state index contributed by atoms with van der Waals surface area (Å²) < 4.78 is 26.3. The number of hydrogen-bond donors (Lipinski definition) is 2. The molecule has 0 spiro atoms. The van der Waals surface area contributed by atoms with Gasteiger partial charge in [-0.25, -0.2) is 8.42 Å². The number of sulfonamides is 1. The van der Waals surface area contributed by atoms with Gasteiger partial charge in [0.2, 0.25) is 15.9 Å². The van der Waals surface area contributed by atoms with Gasteiger partial charge in [-0.05, 0) is 55.6 Å². The zero-order chi connectivity index (χ0) is 17.5. The standard InChI is InChI=1S/C17H23N3O3S/c1-4-24(22,23)19-12-6-5-11(2)14(9-12)15-10-20(3)17(21)16-13(15)7-8-18-16/h5-6,9-10,13,16,18-19H,4,7-8H2,1-3H3. The Bertz CT molecular complexity index is 801. The summed E-state index contributed by atoms with van der Waals surface area (Å²) in [6.07, 6.45) is 2.79. The average Bonchev–Trinajstić information content (AvgIpc) is 3.02. The Morgan fingerprint density at radius 2 is 2.12 bits per heavy atom. The first-order valence-corrected chi connectivity index (χ1v) is 9.81. The average molecular weight is 349 g/mol. The van der Waals surface area contributed by atoms with Crippen molar-refractivity contribution in [3.63, 3.8) is 0 Å². The second-order valence-electron chi connectivity index (χ2n) is 6.40. The van der Waals surface area contributed by atoms with Gasteiger partial charge in [-0.1, -0.05) is 6.07 Å². The molecule has 0 aliphatic carbocycles. The zero-order valence-electron chi connectivity index (χ0n) is 14.2. The number of aryl methyl sites for hydroxylation is 1. The predicted octanol–water partition coefficient (Wildman–Crippen LogP) is 1.55. The van der Waals surface area contributed by atoms with E-state index >= 15 is 0 Å². The summed E-state index contributed by atoms with van der Waals surface area (Å²) in [6.45, 7) is 4.42. The molecule has 2 aliphatic heterocycles. The Labute approximate surface area is 143 Å². The number of carbonyl (C=O) groups is 1. The van der Waals surface area contributed by atoms with E-state index in [4.69, 9.17) is 0 Å². The maximum Gasteiger partial charge on any atom is 0.244 e. The Morgan fingerprint density at radius 1 is 1.38 bits per heavy atom.